The number of nitrogens with one attached hydrogen (secondary N) is 1. The van der Waals surface area contributed by atoms with Gasteiger partial charge in [0.1, 0.15) is 11.3 Å². The molecule has 0 amide bonds. The molecule has 0 fully saturated rings. The van der Waals surface area contributed by atoms with Crippen LogP contribution in [0.2, 0.25) is 0 Å². The normalized spacial score (nSPS) is 12.9. The molecule has 3 aromatic rings. The van der Waals surface area contributed by atoms with Gasteiger partial charge in [-0.3, -0.25) is 0 Å². The number of nitrogens with zero attached hydrogens (tertiary/aromatic N) is 1. The van der Waals surface area contributed by atoms with Crippen LogP contribution in [0.1, 0.15) is 34.3 Å². The predicted molar refractivity (Wildman–Crippen MR) is 83.1 cm³/mol. The van der Waals surface area contributed by atoms with E-state index in [-0.39, 0.29) is 6.04 Å². The zero-order valence-electron chi connectivity index (χ0n) is 11.9. The first-order chi connectivity index (χ1) is 9.63. The summed E-state index contributed by atoms with van der Waals surface area (Å²) in [5.74, 6) is 0.977. The molecule has 2 aromatic heterocycles. The van der Waals surface area contributed by atoms with Crippen LogP contribution in [0.4, 0.5) is 0 Å². The Hall–Kier alpha value is -1.65. The minimum absolute atomic E-state index is 0.184. The van der Waals surface area contributed by atoms with Crippen molar-refractivity contribution in [1.82, 2.24) is 10.3 Å². The lowest BCUT2D eigenvalue weighted by atomic mass is 10.2. The van der Waals surface area contributed by atoms with Crippen LogP contribution in [0.25, 0.3) is 11.0 Å². The fourth-order valence-electron chi connectivity index (χ4n) is 2.30. The van der Waals surface area contributed by atoms with Crippen LogP contribution in [-0.4, -0.2) is 4.98 Å². The van der Waals surface area contributed by atoms with E-state index >= 15 is 0 Å². The predicted octanol–water partition coefficient (Wildman–Crippen LogP) is 4.36. The van der Waals surface area contributed by atoms with E-state index in [1.165, 1.54) is 4.88 Å². The summed E-state index contributed by atoms with van der Waals surface area (Å²) in [5.41, 5.74) is 2.07. The van der Waals surface area contributed by atoms with Gasteiger partial charge in [0.2, 0.25) is 0 Å². The summed E-state index contributed by atoms with van der Waals surface area (Å²) in [5, 5.41) is 5.78. The first kappa shape index (κ1) is 13.3. The third-order valence-corrected chi connectivity index (χ3v) is 4.51. The van der Waals surface area contributed by atoms with Crippen LogP contribution in [0.5, 0.6) is 0 Å². The number of rotatable bonds is 4. The molecule has 3 nitrogen and oxygen atoms in total. The van der Waals surface area contributed by atoms with Crippen molar-refractivity contribution in [1.29, 1.82) is 0 Å². The Morgan fingerprint density at radius 2 is 2.10 bits per heavy atom. The zero-order chi connectivity index (χ0) is 14.1. The van der Waals surface area contributed by atoms with E-state index in [0.717, 1.165) is 34.0 Å². The lowest BCUT2D eigenvalue weighted by Gasteiger charge is -2.10. The average Bonchev–Trinajstić information content (AvgIpc) is 2.99. The van der Waals surface area contributed by atoms with Crippen LogP contribution < -0.4 is 5.32 Å². The number of para-hydroxylation sites is 1. The first-order valence-corrected chi connectivity index (χ1v) is 7.60. The molecule has 1 unspecified atom stereocenters. The number of hydrogen-bond donors (Lipinski definition) is 1. The molecule has 1 atom stereocenters. The maximum Gasteiger partial charge on any atom is 0.134 e. The van der Waals surface area contributed by atoms with Crippen LogP contribution in [0.15, 0.2) is 34.7 Å². The summed E-state index contributed by atoms with van der Waals surface area (Å²) < 4.78 is 5.88. The molecule has 1 N–H and O–H groups in total. The van der Waals surface area contributed by atoms with Gasteiger partial charge in [0.25, 0.3) is 0 Å². The second kappa shape index (κ2) is 5.38. The number of aryl methyl sites for hydroxylation is 2. The highest BCUT2D eigenvalue weighted by Crippen LogP contribution is 2.24. The largest absolute Gasteiger partial charge is 0.459 e. The summed E-state index contributed by atoms with van der Waals surface area (Å²) in [7, 11) is 0. The Morgan fingerprint density at radius 3 is 2.80 bits per heavy atom. The van der Waals surface area contributed by atoms with Crippen molar-refractivity contribution >= 4 is 22.3 Å². The fourth-order valence-corrected chi connectivity index (χ4v) is 3.19. The van der Waals surface area contributed by atoms with Gasteiger partial charge in [-0.25, -0.2) is 4.98 Å². The van der Waals surface area contributed by atoms with Crippen LogP contribution in [-0.2, 0) is 6.54 Å². The van der Waals surface area contributed by atoms with Crippen molar-refractivity contribution in [3.63, 3.8) is 0 Å². The molecule has 0 aliphatic heterocycles. The topological polar surface area (TPSA) is 38.1 Å². The van der Waals surface area contributed by atoms with E-state index in [0.29, 0.717) is 0 Å². The molecule has 2 heterocycles. The number of benzene rings is 1. The molecule has 3 rings (SSSR count). The van der Waals surface area contributed by atoms with Crippen LogP contribution >= 0.6 is 11.3 Å². The van der Waals surface area contributed by atoms with E-state index in [1.807, 2.05) is 25.1 Å². The highest BCUT2D eigenvalue weighted by molar-refractivity contribution is 7.11. The molecular weight excluding hydrogens is 268 g/mol. The number of hydrogen-bond acceptors (Lipinski definition) is 4. The third kappa shape index (κ3) is 2.62. The fraction of sp³-hybridized carbons (Fsp3) is 0.312. The van der Waals surface area contributed by atoms with Gasteiger partial charge in [-0.1, -0.05) is 18.2 Å². The standard InChI is InChI=1S/C16H18N2OS/c1-10(17-9-16-11(2)18-12(3)20-16)15-8-13-6-4-5-7-14(13)19-15/h4-8,10,17H,9H2,1-3H3. The van der Waals surface area contributed by atoms with Crippen LogP contribution in [0, 0.1) is 13.8 Å². The van der Waals surface area contributed by atoms with Crippen molar-refractivity contribution in [2.45, 2.75) is 33.4 Å². The number of aromatic nitrogens is 1. The Morgan fingerprint density at radius 1 is 1.30 bits per heavy atom. The van der Waals surface area contributed by atoms with Gasteiger partial charge in [0.05, 0.1) is 16.7 Å². The van der Waals surface area contributed by atoms with Crippen molar-refractivity contribution in [2.24, 2.45) is 0 Å². The zero-order valence-corrected chi connectivity index (χ0v) is 12.8. The summed E-state index contributed by atoms with van der Waals surface area (Å²) in [4.78, 5) is 5.75. The van der Waals surface area contributed by atoms with Crippen molar-refractivity contribution in [3.8, 4) is 0 Å². The molecule has 0 radical (unpaired) electrons. The van der Waals surface area contributed by atoms with E-state index < -0.39 is 0 Å². The first-order valence-electron chi connectivity index (χ1n) is 6.78. The van der Waals surface area contributed by atoms with Gasteiger partial charge in [0, 0.05) is 16.8 Å². The van der Waals surface area contributed by atoms with Gasteiger partial charge in [-0.05, 0) is 32.9 Å². The number of thiazole rings is 1. The quantitative estimate of drug-likeness (QED) is 0.774. The molecule has 0 saturated carbocycles. The summed E-state index contributed by atoms with van der Waals surface area (Å²) in [6.45, 7) is 7.06. The Labute approximate surface area is 122 Å². The Kier molecular flexibility index (Phi) is 3.59. The monoisotopic (exact) mass is 286 g/mol. The molecule has 0 aliphatic rings. The molecule has 0 bridgehead atoms. The molecule has 0 spiro atoms. The Bertz CT molecular complexity index is 696. The highest BCUT2D eigenvalue weighted by Gasteiger charge is 2.12. The highest BCUT2D eigenvalue weighted by atomic mass is 32.1. The minimum atomic E-state index is 0.184. The van der Waals surface area contributed by atoms with Crippen molar-refractivity contribution < 1.29 is 4.42 Å². The van der Waals surface area contributed by atoms with Gasteiger partial charge in [-0.2, -0.15) is 0 Å². The van der Waals surface area contributed by atoms with E-state index in [9.17, 15) is 0 Å². The smallest absolute Gasteiger partial charge is 0.134 e. The molecule has 20 heavy (non-hydrogen) atoms. The maximum absolute atomic E-state index is 5.88. The average molecular weight is 286 g/mol. The number of furan rings is 1. The molecule has 0 saturated heterocycles. The molecular formula is C16H18N2OS. The lowest BCUT2D eigenvalue weighted by molar-refractivity contribution is 0.451. The second-order valence-electron chi connectivity index (χ2n) is 5.03. The van der Waals surface area contributed by atoms with Crippen LogP contribution in [0.3, 0.4) is 0 Å². The number of fused-ring (bicyclic) bond motifs is 1. The van der Waals surface area contributed by atoms with E-state index in [1.54, 1.807) is 11.3 Å². The maximum atomic E-state index is 5.88. The molecule has 104 valence electrons. The van der Waals surface area contributed by atoms with Gasteiger partial charge < -0.3 is 9.73 Å². The van der Waals surface area contributed by atoms with Crippen molar-refractivity contribution in [2.75, 3.05) is 0 Å². The summed E-state index contributed by atoms with van der Waals surface area (Å²) in [6.07, 6.45) is 0. The molecule has 1 aromatic carbocycles. The molecule has 0 aliphatic carbocycles. The second-order valence-corrected chi connectivity index (χ2v) is 6.32. The third-order valence-electron chi connectivity index (χ3n) is 3.44. The minimum Gasteiger partial charge on any atom is -0.459 e. The Balaban J connectivity index is 1.72. The van der Waals surface area contributed by atoms with Crippen molar-refractivity contribution in [3.05, 3.63) is 51.7 Å². The van der Waals surface area contributed by atoms with E-state index in [4.69, 9.17) is 4.42 Å². The summed E-state index contributed by atoms with van der Waals surface area (Å²) >= 11 is 1.75. The van der Waals surface area contributed by atoms with Gasteiger partial charge >= 0.3 is 0 Å². The SMILES string of the molecule is Cc1nc(C)c(CNC(C)c2cc3ccccc3o2)s1. The lowest BCUT2D eigenvalue weighted by Crippen LogP contribution is -2.17. The summed E-state index contributed by atoms with van der Waals surface area (Å²) in [6, 6.07) is 10.4. The van der Waals surface area contributed by atoms with Gasteiger partial charge in [-0.15, -0.1) is 11.3 Å². The van der Waals surface area contributed by atoms with Gasteiger partial charge in [0.15, 0.2) is 0 Å². The molecule has 4 heteroatoms. The van der Waals surface area contributed by atoms with E-state index in [2.05, 4.69) is 36.3 Å².